The predicted molar refractivity (Wildman–Crippen MR) is 120 cm³/mol. The molecule has 1 N–H and O–H groups in total. The van der Waals surface area contributed by atoms with Crippen LogP contribution >= 0.6 is 11.6 Å². The number of hydrogen-bond acceptors (Lipinski definition) is 5. The number of fused-ring (bicyclic) bond motifs is 1. The van der Waals surface area contributed by atoms with Crippen molar-refractivity contribution in [2.75, 3.05) is 31.6 Å². The number of halogens is 1. The molecule has 2 amide bonds. The molecule has 2 aromatic heterocycles. The molecule has 0 aliphatic carbocycles. The molecular weight excluding hydrogens is 432 g/mol. The summed E-state index contributed by atoms with van der Waals surface area (Å²) in [5.74, 6) is -0.140. The highest BCUT2D eigenvalue weighted by atomic mass is 35.5. The van der Waals surface area contributed by atoms with Gasteiger partial charge in [0.15, 0.2) is 5.76 Å². The average Bonchev–Trinajstić information content (AvgIpc) is 3.45. The fourth-order valence-corrected chi connectivity index (χ4v) is 3.90. The standard InChI is InChI=1S/C24H19ClN2O5/c25-17-7-3-1-5-15(17)19-9-10-20(31-19)23(28)26-21-16-6-2-4-8-18(16)32-22(21)24(29)27-11-13-30-14-12-27/h1-10H,11-14H2,(H,26,28). The van der Waals surface area contributed by atoms with Crippen LogP contribution in [0.2, 0.25) is 5.02 Å². The van der Waals surface area contributed by atoms with Gasteiger partial charge in [0.2, 0.25) is 5.76 Å². The summed E-state index contributed by atoms with van der Waals surface area (Å²) in [5, 5.41) is 3.97. The minimum absolute atomic E-state index is 0.0827. The molecule has 7 nitrogen and oxygen atoms in total. The van der Waals surface area contributed by atoms with Crippen LogP contribution in [0.3, 0.4) is 0 Å². The second kappa shape index (κ2) is 8.53. The number of benzene rings is 2. The third-order valence-corrected chi connectivity index (χ3v) is 5.63. The maximum atomic E-state index is 13.1. The Labute approximate surface area is 188 Å². The van der Waals surface area contributed by atoms with Crippen molar-refractivity contribution < 1.29 is 23.2 Å². The zero-order valence-electron chi connectivity index (χ0n) is 17.0. The molecule has 1 aliphatic heterocycles. The molecule has 0 bridgehead atoms. The number of ether oxygens (including phenoxy) is 1. The molecule has 4 aromatic rings. The number of furan rings is 2. The second-order valence-corrected chi connectivity index (χ2v) is 7.71. The van der Waals surface area contributed by atoms with Crippen LogP contribution in [0.1, 0.15) is 21.1 Å². The zero-order chi connectivity index (χ0) is 22.1. The van der Waals surface area contributed by atoms with E-state index in [2.05, 4.69) is 5.32 Å². The maximum absolute atomic E-state index is 13.1. The minimum atomic E-state index is -0.495. The van der Waals surface area contributed by atoms with Crippen molar-refractivity contribution in [2.45, 2.75) is 0 Å². The maximum Gasteiger partial charge on any atom is 0.291 e. The van der Waals surface area contributed by atoms with Gasteiger partial charge in [0, 0.05) is 24.0 Å². The van der Waals surface area contributed by atoms with Crippen LogP contribution in [-0.2, 0) is 4.74 Å². The zero-order valence-corrected chi connectivity index (χ0v) is 17.7. The SMILES string of the molecule is O=C(Nc1c(C(=O)N2CCOCC2)oc2ccccc12)c1ccc(-c2ccccc2Cl)o1. The van der Waals surface area contributed by atoms with E-state index in [9.17, 15) is 9.59 Å². The van der Waals surface area contributed by atoms with Gasteiger partial charge in [-0.15, -0.1) is 0 Å². The van der Waals surface area contributed by atoms with Crippen molar-refractivity contribution in [1.29, 1.82) is 0 Å². The smallest absolute Gasteiger partial charge is 0.291 e. The lowest BCUT2D eigenvalue weighted by Gasteiger charge is -2.26. The molecule has 0 unspecified atom stereocenters. The quantitative estimate of drug-likeness (QED) is 0.469. The number of anilines is 1. The van der Waals surface area contributed by atoms with Gasteiger partial charge in [-0.2, -0.15) is 0 Å². The number of rotatable bonds is 4. The van der Waals surface area contributed by atoms with Gasteiger partial charge < -0.3 is 23.8 Å². The monoisotopic (exact) mass is 450 g/mol. The van der Waals surface area contributed by atoms with Crippen LogP contribution in [-0.4, -0.2) is 43.0 Å². The third kappa shape index (κ3) is 3.77. The number of nitrogens with zero attached hydrogens (tertiary/aromatic N) is 1. The Kier molecular flexibility index (Phi) is 5.43. The Morgan fingerprint density at radius 1 is 0.906 bits per heavy atom. The Morgan fingerprint density at radius 2 is 1.66 bits per heavy atom. The van der Waals surface area contributed by atoms with E-state index in [4.69, 9.17) is 25.2 Å². The summed E-state index contributed by atoms with van der Waals surface area (Å²) in [6.45, 7) is 1.85. The highest BCUT2D eigenvalue weighted by molar-refractivity contribution is 6.33. The van der Waals surface area contributed by atoms with E-state index in [1.807, 2.05) is 30.3 Å². The molecule has 0 spiro atoms. The number of hydrogen-bond donors (Lipinski definition) is 1. The summed E-state index contributed by atoms with van der Waals surface area (Å²) in [4.78, 5) is 27.8. The number of carbonyl (C=O) groups is 2. The molecule has 0 radical (unpaired) electrons. The van der Waals surface area contributed by atoms with E-state index in [-0.39, 0.29) is 17.4 Å². The Balaban J connectivity index is 1.47. The van der Waals surface area contributed by atoms with Gasteiger partial charge in [-0.05, 0) is 36.4 Å². The summed E-state index contributed by atoms with van der Waals surface area (Å²) in [6.07, 6.45) is 0. The highest BCUT2D eigenvalue weighted by Gasteiger charge is 2.28. The first-order valence-corrected chi connectivity index (χ1v) is 10.5. The van der Waals surface area contributed by atoms with E-state index in [0.717, 1.165) is 0 Å². The third-order valence-electron chi connectivity index (χ3n) is 5.30. The van der Waals surface area contributed by atoms with E-state index >= 15 is 0 Å². The van der Waals surface area contributed by atoms with Gasteiger partial charge in [0.05, 0.1) is 18.2 Å². The van der Waals surface area contributed by atoms with Crippen molar-refractivity contribution in [3.8, 4) is 11.3 Å². The lowest BCUT2D eigenvalue weighted by atomic mass is 10.2. The van der Waals surface area contributed by atoms with Gasteiger partial charge in [-0.3, -0.25) is 9.59 Å². The molecule has 1 aliphatic rings. The summed E-state index contributed by atoms with van der Waals surface area (Å²) < 4.78 is 16.9. The topological polar surface area (TPSA) is 84.9 Å². The number of nitrogens with one attached hydrogen (secondary N) is 1. The molecular formula is C24H19ClN2O5. The largest absolute Gasteiger partial charge is 0.451 e. The highest BCUT2D eigenvalue weighted by Crippen LogP contribution is 2.33. The Hall–Kier alpha value is -3.55. The first kappa shape index (κ1) is 20.4. The van der Waals surface area contributed by atoms with Crippen LogP contribution in [0.5, 0.6) is 0 Å². The van der Waals surface area contributed by atoms with Gasteiger partial charge in [-0.1, -0.05) is 35.9 Å². The van der Waals surface area contributed by atoms with Gasteiger partial charge in [0.1, 0.15) is 17.0 Å². The predicted octanol–water partition coefficient (Wildman–Crippen LogP) is 5.07. The molecule has 0 atom stereocenters. The Morgan fingerprint density at radius 3 is 2.47 bits per heavy atom. The molecule has 5 rings (SSSR count). The summed E-state index contributed by atoms with van der Waals surface area (Å²) in [7, 11) is 0. The van der Waals surface area contributed by atoms with E-state index in [1.165, 1.54) is 0 Å². The van der Waals surface area contributed by atoms with Crippen molar-refractivity contribution in [2.24, 2.45) is 0 Å². The molecule has 0 saturated carbocycles. The molecule has 3 heterocycles. The van der Waals surface area contributed by atoms with E-state index in [0.29, 0.717) is 59.3 Å². The first-order chi connectivity index (χ1) is 15.6. The fraction of sp³-hybridized carbons (Fsp3) is 0.167. The number of amides is 2. The second-order valence-electron chi connectivity index (χ2n) is 7.30. The van der Waals surface area contributed by atoms with Crippen LogP contribution in [0.25, 0.3) is 22.3 Å². The molecule has 8 heteroatoms. The molecule has 1 saturated heterocycles. The number of morpholine rings is 1. The van der Waals surface area contributed by atoms with Crippen LogP contribution in [0.15, 0.2) is 69.5 Å². The van der Waals surface area contributed by atoms with Crippen molar-refractivity contribution in [3.05, 3.63) is 77.2 Å². The van der Waals surface area contributed by atoms with Crippen molar-refractivity contribution in [1.82, 2.24) is 4.90 Å². The normalized spacial score (nSPS) is 14.0. The molecule has 162 valence electrons. The van der Waals surface area contributed by atoms with Crippen LogP contribution in [0, 0.1) is 0 Å². The van der Waals surface area contributed by atoms with Gasteiger partial charge in [-0.25, -0.2) is 0 Å². The van der Waals surface area contributed by atoms with Gasteiger partial charge >= 0.3 is 0 Å². The summed E-state index contributed by atoms with van der Waals surface area (Å²) in [6, 6.07) is 17.6. The minimum Gasteiger partial charge on any atom is -0.451 e. The fourth-order valence-electron chi connectivity index (χ4n) is 3.67. The first-order valence-electron chi connectivity index (χ1n) is 10.2. The molecule has 1 fully saturated rings. The van der Waals surface area contributed by atoms with E-state index in [1.54, 1.807) is 35.2 Å². The molecule has 2 aromatic carbocycles. The average molecular weight is 451 g/mol. The van der Waals surface area contributed by atoms with Crippen LogP contribution in [0.4, 0.5) is 5.69 Å². The van der Waals surface area contributed by atoms with Gasteiger partial charge in [0.25, 0.3) is 11.8 Å². The number of para-hydroxylation sites is 1. The summed E-state index contributed by atoms with van der Waals surface area (Å²) in [5.41, 5.74) is 1.51. The molecule has 32 heavy (non-hydrogen) atoms. The lowest BCUT2D eigenvalue weighted by molar-refractivity contribution is 0.0285. The lowest BCUT2D eigenvalue weighted by Crippen LogP contribution is -2.40. The summed E-state index contributed by atoms with van der Waals surface area (Å²) >= 11 is 6.23. The van der Waals surface area contributed by atoms with Crippen molar-refractivity contribution >= 4 is 40.1 Å². The van der Waals surface area contributed by atoms with E-state index < -0.39 is 5.91 Å². The van der Waals surface area contributed by atoms with Crippen molar-refractivity contribution in [3.63, 3.8) is 0 Å². The number of carbonyl (C=O) groups excluding carboxylic acids is 2. The van der Waals surface area contributed by atoms with Crippen LogP contribution < -0.4 is 5.32 Å². The Bertz CT molecular complexity index is 1300.